The third-order valence-corrected chi connectivity index (χ3v) is 3.26. The van der Waals surface area contributed by atoms with Crippen LogP contribution in [0.3, 0.4) is 0 Å². The van der Waals surface area contributed by atoms with Gasteiger partial charge in [-0.3, -0.25) is 14.9 Å². The fourth-order valence-electron chi connectivity index (χ4n) is 2.00. The Morgan fingerprint density at radius 3 is 2.72 bits per heavy atom. The number of aromatic hydroxyl groups is 1. The van der Waals surface area contributed by atoms with E-state index < -0.39 is 10.8 Å². The number of anilines is 2. The van der Waals surface area contributed by atoms with Gasteiger partial charge in [0.25, 0.3) is 11.6 Å². The van der Waals surface area contributed by atoms with Crippen molar-refractivity contribution in [1.82, 2.24) is 0 Å². The summed E-state index contributed by atoms with van der Waals surface area (Å²) in [6, 6.07) is 11.8. The molecule has 0 aliphatic heterocycles. The summed E-state index contributed by atoms with van der Waals surface area (Å²) in [5, 5.41) is 34.5. The summed E-state index contributed by atoms with van der Waals surface area (Å²) < 4.78 is 0. The molecule has 8 nitrogen and oxygen atoms in total. The molecule has 0 fully saturated rings. The van der Waals surface area contributed by atoms with E-state index in [0.717, 1.165) is 5.56 Å². The monoisotopic (exact) mass is 338 g/mol. The molecule has 0 aliphatic rings. The van der Waals surface area contributed by atoms with Gasteiger partial charge in [-0.05, 0) is 36.8 Å². The van der Waals surface area contributed by atoms with E-state index >= 15 is 0 Å². The van der Waals surface area contributed by atoms with E-state index in [-0.39, 0.29) is 22.7 Å². The number of nitriles is 1. The van der Waals surface area contributed by atoms with Gasteiger partial charge in [-0.25, -0.2) is 0 Å². The van der Waals surface area contributed by atoms with Gasteiger partial charge in [0.15, 0.2) is 0 Å². The first kappa shape index (κ1) is 17.5. The molecule has 2 rings (SSSR count). The molecule has 0 aromatic heterocycles. The number of hydrogen-bond acceptors (Lipinski definition) is 6. The van der Waals surface area contributed by atoms with Gasteiger partial charge in [0, 0.05) is 29.7 Å². The minimum absolute atomic E-state index is 0.107. The predicted molar refractivity (Wildman–Crippen MR) is 91.9 cm³/mol. The molecule has 3 N–H and O–H groups in total. The lowest BCUT2D eigenvalue weighted by atomic mass is 10.2. The normalized spacial score (nSPS) is 10.6. The number of carbonyl (C=O) groups excluding carboxylic acids is 1. The Labute approximate surface area is 143 Å². The lowest BCUT2D eigenvalue weighted by Crippen LogP contribution is -2.14. The van der Waals surface area contributed by atoms with Gasteiger partial charge in [-0.1, -0.05) is 6.07 Å². The summed E-state index contributed by atoms with van der Waals surface area (Å²) in [4.78, 5) is 22.3. The first-order chi connectivity index (χ1) is 11.9. The van der Waals surface area contributed by atoms with E-state index in [0.29, 0.717) is 5.69 Å². The quantitative estimate of drug-likeness (QED) is 0.253. The van der Waals surface area contributed by atoms with E-state index in [2.05, 4.69) is 10.6 Å². The SMILES string of the molecule is Cc1cc(O)ccc1N/C=C(/C#N)C(=O)Nc1cccc([N+](=O)[O-])c1. The molecule has 126 valence electrons. The van der Waals surface area contributed by atoms with Crippen LogP contribution in [0.1, 0.15) is 5.56 Å². The van der Waals surface area contributed by atoms with Gasteiger partial charge < -0.3 is 15.7 Å². The molecular weight excluding hydrogens is 324 g/mol. The minimum atomic E-state index is -0.702. The fourth-order valence-corrected chi connectivity index (χ4v) is 2.00. The second-order valence-corrected chi connectivity index (χ2v) is 5.07. The maximum Gasteiger partial charge on any atom is 0.271 e. The number of nitrogens with zero attached hydrogens (tertiary/aromatic N) is 2. The maximum absolute atomic E-state index is 12.1. The molecule has 0 unspecified atom stereocenters. The number of non-ortho nitro benzene ring substituents is 1. The number of hydrogen-bond donors (Lipinski definition) is 3. The summed E-state index contributed by atoms with van der Waals surface area (Å²) in [6.07, 6.45) is 1.23. The smallest absolute Gasteiger partial charge is 0.271 e. The third kappa shape index (κ3) is 4.56. The van der Waals surface area contributed by atoms with Crippen LogP contribution >= 0.6 is 0 Å². The molecule has 8 heteroatoms. The molecule has 2 aromatic rings. The van der Waals surface area contributed by atoms with Crippen LogP contribution in [0.25, 0.3) is 0 Å². The van der Waals surface area contributed by atoms with E-state index in [4.69, 9.17) is 5.26 Å². The van der Waals surface area contributed by atoms with Crippen LogP contribution in [0.4, 0.5) is 17.1 Å². The largest absolute Gasteiger partial charge is 0.508 e. The minimum Gasteiger partial charge on any atom is -0.508 e. The van der Waals surface area contributed by atoms with Crippen molar-refractivity contribution in [2.24, 2.45) is 0 Å². The Hall–Kier alpha value is -3.86. The molecule has 0 aliphatic carbocycles. The number of phenols is 1. The van der Waals surface area contributed by atoms with Crippen LogP contribution in [0.15, 0.2) is 54.2 Å². The van der Waals surface area contributed by atoms with Crippen LogP contribution in [-0.2, 0) is 4.79 Å². The van der Waals surface area contributed by atoms with Crippen molar-refractivity contribution < 1.29 is 14.8 Å². The number of phenolic OH excluding ortho intramolecular Hbond substituents is 1. The van der Waals surface area contributed by atoms with Crippen molar-refractivity contribution in [2.45, 2.75) is 6.92 Å². The molecule has 25 heavy (non-hydrogen) atoms. The topological polar surface area (TPSA) is 128 Å². The summed E-state index contributed by atoms with van der Waals surface area (Å²) in [5.74, 6) is -0.595. The van der Waals surface area contributed by atoms with Crippen LogP contribution in [0, 0.1) is 28.4 Å². The van der Waals surface area contributed by atoms with Crippen molar-refractivity contribution in [3.05, 3.63) is 69.9 Å². The van der Waals surface area contributed by atoms with E-state index in [1.54, 1.807) is 19.1 Å². The Morgan fingerprint density at radius 2 is 2.08 bits per heavy atom. The maximum atomic E-state index is 12.1. The molecule has 0 saturated heterocycles. The lowest BCUT2D eigenvalue weighted by Gasteiger charge is -2.07. The average molecular weight is 338 g/mol. The van der Waals surface area contributed by atoms with Gasteiger partial charge >= 0.3 is 0 Å². The van der Waals surface area contributed by atoms with E-state index in [1.807, 2.05) is 0 Å². The molecule has 0 heterocycles. The molecule has 2 aromatic carbocycles. The molecule has 1 amide bonds. The van der Waals surface area contributed by atoms with Gasteiger partial charge in [0.1, 0.15) is 17.4 Å². The van der Waals surface area contributed by atoms with E-state index in [9.17, 15) is 20.0 Å². The Balaban J connectivity index is 2.14. The molecule has 0 radical (unpaired) electrons. The molecule has 0 spiro atoms. The number of amides is 1. The number of nitrogens with one attached hydrogen (secondary N) is 2. The van der Waals surface area contributed by atoms with Gasteiger partial charge in [-0.15, -0.1) is 0 Å². The first-order valence-corrected chi connectivity index (χ1v) is 7.13. The second-order valence-electron chi connectivity index (χ2n) is 5.07. The molecule has 0 saturated carbocycles. The third-order valence-electron chi connectivity index (χ3n) is 3.26. The number of nitro benzene ring substituents is 1. The predicted octanol–water partition coefficient (Wildman–Crippen LogP) is 3.07. The zero-order chi connectivity index (χ0) is 18.4. The highest BCUT2D eigenvalue weighted by Crippen LogP contribution is 2.21. The summed E-state index contributed by atoms with van der Waals surface area (Å²) >= 11 is 0. The highest BCUT2D eigenvalue weighted by atomic mass is 16.6. The summed E-state index contributed by atoms with van der Waals surface area (Å²) in [6.45, 7) is 1.76. The molecule has 0 bridgehead atoms. The van der Waals surface area contributed by atoms with Crippen LogP contribution in [-0.4, -0.2) is 15.9 Å². The van der Waals surface area contributed by atoms with Crippen LogP contribution in [0.2, 0.25) is 0 Å². The first-order valence-electron chi connectivity index (χ1n) is 7.13. The van der Waals surface area contributed by atoms with Gasteiger partial charge in [-0.2, -0.15) is 5.26 Å². The van der Waals surface area contributed by atoms with Crippen LogP contribution < -0.4 is 10.6 Å². The zero-order valence-electron chi connectivity index (χ0n) is 13.2. The lowest BCUT2D eigenvalue weighted by molar-refractivity contribution is -0.384. The molecular formula is C17H14N4O4. The number of aryl methyl sites for hydroxylation is 1. The van der Waals surface area contributed by atoms with Crippen molar-refractivity contribution in [3.63, 3.8) is 0 Å². The van der Waals surface area contributed by atoms with Crippen molar-refractivity contribution in [2.75, 3.05) is 10.6 Å². The van der Waals surface area contributed by atoms with Crippen molar-refractivity contribution >= 4 is 23.0 Å². The van der Waals surface area contributed by atoms with Crippen LogP contribution in [0.5, 0.6) is 5.75 Å². The van der Waals surface area contributed by atoms with Gasteiger partial charge in [0.2, 0.25) is 0 Å². The van der Waals surface area contributed by atoms with Crippen molar-refractivity contribution in [1.29, 1.82) is 5.26 Å². The number of nitro groups is 1. The standard InChI is InChI=1S/C17H14N4O4/c1-11-7-15(22)5-6-16(11)19-10-12(9-18)17(23)20-13-3-2-4-14(8-13)21(24)25/h2-8,10,19,22H,1H3,(H,20,23)/b12-10-. The highest BCUT2D eigenvalue weighted by molar-refractivity contribution is 6.06. The Morgan fingerprint density at radius 1 is 1.32 bits per heavy atom. The average Bonchev–Trinajstić information content (AvgIpc) is 2.57. The molecule has 0 atom stereocenters. The highest BCUT2D eigenvalue weighted by Gasteiger charge is 2.12. The summed E-state index contributed by atoms with van der Waals surface area (Å²) in [7, 11) is 0. The van der Waals surface area contributed by atoms with Crippen molar-refractivity contribution in [3.8, 4) is 11.8 Å². The number of carbonyl (C=O) groups is 1. The Bertz CT molecular complexity index is 900. The van der Waals surface area contributed by atoms with E-state index in [1.165, 1.54) is 42.6 Å². The zero-order valence-corrected chi connectivity index (χ0v) is 13.2. The number of benzene rings is 2. The summed E-state index contributed by atoms with van der Waals surface area (Å²) in [5.41, 5.74) is 1.18. The number of rotatable bonds is 5. The fraction of sp³-hybridized carbons (Fsp3) is 0.0588. The second kappa shape index (κ2) is 7.61. The Kier molecular flexibility index (Phi) is 5.32. The van der Waals surface area contributed by atoms with Gasteiger partial charge in [0.05, 0.1) is 4.92 Å².